The van der Waals surface area contributed by atoms with Gasteiger partial charge in [-0.2, -0.15) is 26.3 Å². The summed E-state index contributed by atoms with van der Waals surface area (Å²) in [6, 6.07) is 3.44. The molecule has 7 nitrogen and oxygen atoms in total. The van der Waals surface area contributed by atoms with Gasteiger partial charge in [-0.3, -0.25) is 14.4 Å². The fraction of sp³-hybridized carbons (Fsp3) is 0.520. The van der Waals surface area contributed by atoms with E-state index >= 15 is 0 Å². The summed E-state index contributed by atoms with van der Waals surface area (Å²) in [6.07, 6.45) is -9.43. The van der Waals surface area contributed by atoms with E-state index in [2.05, 4.69) is 15.3 Å². The van der Waals surface area contributed by atoms with E-state index in [1.807, 2.05) is 0 Å². The van der Waals surface area contributed by atoms with Gasteiger partial charge in [0, 0.05) is 30.2 Å². The molecule has 0 spiro atoms. The molecule has 4 aliphatic rings. The predicted molar refractivity (Wildman–Crippen MR) is 120 cm³/mol. The highest BCUT2D eigenvalue weighted by molar-refractivity contribution is 6.08. The van der Waals surface area contributed by atoms with Crippen LogP contribution in [-0.4, -0.2) is 34.4 Å². The maximum Gasteiger partial charge on any atom is 0.418 e. The number of hydrogen-bond donors (Lipinski definition) is 2. The molecule has 204 valence electrons. The number of halogens is 6. The van der Waals surface area contributed by atoms with Crippen LogP contribution in [0.5, 0.6) is 0 Å². The molecule has 0 aromatic carbocycles. The maximum absolute atomic E-state index is 13.6. The number of nitrogens with zero attached hydrogens (tertiary/aromatic N) is 1. The number of rotatable bonds is 5. The van der Waals surface area contributed by atoms with Gasteiger partial charge in [0.2, 0.25) is 11.5 Å². The summed E-state index contributed by atoms with van der Waals surface area (Å²) in [5.41, 5.74) is -5.30. The van der Waals surface area contributed by atoms with Crippen molar-refractivity contribution >= 4 is 17.5 Å². The number of aromatic nitrogens is 2. The number of aromatic amines is 1. The number of H-pyrrole nitrogens is 1. The Morgan fingerprint density at radius 1 is 1.13 bits per heavy atom. The van der Waals surface area contributed by atoms with Gasteiger partial charge < -0.3 is 15.0 Å². The molecule has 13 heteroatoms. The number of ketones is 1. The highest BCUT2D eigenvalue weighted by Gasteiger charge is 2.80. The lowest BCUT2D eigenvalue weighted by atomic mass is 9.33. The highest BCUT2D eigenvalue weighted by Crippen LogP contribution is 2.79. The van der Waals surface area contributed by atoms with Gasteiger partial charge in [-0.25, -0.2) is 4.98 Å². The minimum atomic E-state index is -4.86. The second kappa shape index (κ2) is 8.65. The Bertz CT molecular complexity index is 1330. The minimum absolute atomic E-state index is 0.190. The van der Waals surface area contributed by atoms with Crippen LogP contribution in [0.25, 0.3) is 0 Å². The average molecular weight is 543 g/mol. The van der Waals surface area contributed by atoms with E-state index in [1.54, 1.807) is 6.07 Å². The van der Waals surface area contributed by atoms with Crippen LogP contribution in [0.2, 0.25) is 0 Å². The Morgan fingerprint density at radius 3 is 2.39 bits per heavy atom. The van der Waals surface area contributed by atoms with Gasteiger partial charge in [0.1, 0.15) is 5.82 Å². The van der Waals surface area contributed by atoms with Gasteiger partial charge in [-0.1, -0.05) is 0 Å². The number of alkyl halides is 6. The summed E-state index contributed by atoms with van der Waals surface area (Å²) >= 11 is 0. The molecule has 2 N–H and O–H groups in total. The predicted octanol–water partition coefficient (Wildman–Crippen LogP) is 5.12. The summed E-state index contributed by atoms with van der Waals surface area (Å²) in [5.74, 6) is -2.54. The Kier molecular flexibility index (Phi) is 6.01. The number of Topliss-reactive ketones (excluding diaryl/α,β-unsaturated/α-hetero) is 1. The molecule has 4 fully saturated rings. The van der Waals surface area contributed by atoms with Crippen molar-refractivity contribution in [1.82, 2.24) is 9.97 Å². The number of carbonyl (C=O) groups is 2. The smallest absolute Gasteiger partial charge is 0.373 e. The largest absolute Gasteiger partial charge is 0.418 e. The number of hydrogen-bond acceptors (Lipinski definition) is 5. The van der Waals surface area contributed by atoms with Crippen LogP contribution in [0.15, 0.2) is 29.2 Å². The first-order chi connectivity index (χ1) is 17.6. The quantitative estimate of drug-likeness (QED) is 0.403. The molecule has 1 saturated heterocycles. The lowest BCUT2D eigenvalue weighted by Crippen LogP contribution is -2.70. The van der Waals surface area contributed by atoms with Crippen molar-refractivity contribution in [3.05, 3.63) is 57.1 Å². The normalized spacial score (nSPS) is 28.7. The van der Waals surface area contributed by atoms with Crippen molar-refractivity contribution in [1.29, 1.82) is 0 Å². The lowest BCUT2D eigenvalue weighted by Gasteiger charge is -2.69. The molecule has 38 heavy (non-hydrogen) atoms. The molecule has 0 unspecified atom stereocenters. The van der Waals surface area contributed by atoms with E-state index in [0.717, 1.165) is 6.92 Å². The number of amides is 1. The molecule has 6 rings (SSSR count). The Labute approximate surface area is 212 Å². The zero-order chi connectivity index (χ0) is 27.7. The first-order valence-electron chi connectivity index (χ1n) is 12.0. The van der Waals surface area contributed by atoms with Gasteiger partial charge >= 0.3 is 12.4 Å². The summed E-state index contributed by atoms with van der Waals surface area (Å²) in [4.78, 5) is 44.2. The Morgan fingerprint density at radius 2 is 1.82 bits per heavy atom. The van der Waals surface area contributed by atoms with E-state index < -0.39 is 88.8 Å². The topological polar surface area (TPSA) is 101 Å². The number of anilines is 1. The molecule has 2 aromatic rings. The average Bonchev–Trinajstić information content (AvgIpc) is 2.76. The van der Waals surface area contributed by atoms with Gasteiger partial charge in [-0.15, -0.1) is 0 Å². The number of ether oxygens (including phenoxy) is 1. The van der Waals surface area contributed by atoms with Crippen LogP contribution in [-0.2, 0) is 15.7 Å². The third-order valence-electron chi connectivity index (χ3n) is 7.95. The van der Waals surface area contributed by atoms with Crippen LogP contribution < -0.4 is 10.9 Å². The molecular weight excluding hydrogens is 520 g/mol. The molecule has 1 amide bonds. The van der Waals surface area contributed by atoms with Crippen LogP contribution in [0, 0.1) is 23.7 Å². The van der Waals surface area contributed by atoms with E-state index in [0.29, 0.717) is 11.6 Å². The lowest BCUT2D eigenvalue weighted by molar-refractivity contribution is -0.346. The third-order valence-corrected chi connectivity index (χ3v) is 7.95. The second-order valence-electron chi connectivity index (χ2n) is 10.5. The van der Waals surface area contributed by atoms with Crippen molar-refractivity contribution in [3.63, 3.8) is 0 Å². The SMILES string of the molecule is Cc1nc(NC(=O)[C@H]2CCO[C@@H](c3ccc(=O)[nH]c3)C2)c(C(=O)C23CC(C(F)(F)F)(C2)C3)cc1C(F)(F)F. The standard InChI is InChI=1S/C25H23F6N3O4/c1-12-16(24(26,27)28)7-15(19(36)22-9-23(10-22,11-22)25(29,30)31)20(33-12)34-21(37)13-4-5-38-17(6-13)14-2-3-18(35)32-8-14/h2-3,7-8,13,17H,4-6,9-11H2,1H3,(H,32,35)(H,33,34,37)/t13-,17+,22?,23?/m0/s1. The summed E-state index contributed by atoms with van der Waals surface area (Å²) in [7, 11) is 0. The van der Waals surface area contributed by atoms with Crippen LogP contribution in [0.1, 0.15) is 65.4 Å². The van der Waals surface area contributed by atoms with Crippen molar-refractivity contribution in [2.45, 2.75) is 57.5 Å². The van der Waals surface area contributed by atoms with Crippen LogP contribution in [0.3, 0.4) is 0 Å². The fourth-order valence-corrected chi connectivity index (χ4v) is 5.88. The Hall–Kier alpha value is -3.22. The van der Waals surface area contributed by atoms with Crippen LogP contribution in [0.4, 0.5) is 32.2 Å². The summed E-state index contributed by atoms with van der Waals surface area (Å²) in [5, 5.41) is 2.47. The first-order valence-corrected chi connectivity index (χ1v) is 12.0. The third kappa shape index (κ3) is 4.30. The molecule has 0 radical (unpaired) electrons. The minimum Gasteiger partial charge on any atom is -0.373 e. The van der Waals surface area contributed by atoms with Gasteiger partial charge in [0.05, 0.1) is 28.3 Å². The highest BCUT2D eigenvalue weighted by atomic mass is 19.4. The number of nitrogens with one attached hydrogen (secondary N) is 2. The van der Waals surface area contributed by atoms with Crippen molar-refractivity contribution in [2.24, 2.45) is 16.7 Å². The van der Waals surface area contributed by atoms with Crippen molar-refractivity contribution in [2.75, 3.05) is 11.9 Å². The Balaban J connectivity index is 1.40. The monoisotopic (exact) mass is 543 g/mol. The first kappa shape index (κ1) is 26.4. The molecule has 3 heterocycles. The van der Waals surface area contributed by atoms with E-state index in [9.17, 15) is 40.7 Å². The van der Waals surface area contributed by atoms with Crippen molar-refractivity contribution in [3.8, 4) is 0 Å². The summed E-state index contributed by atoms with van der Waals surface area (Å²) < 4.78 is 86.4. The van der Waals surface area contributed by atoms with E-state index in [-0.39, 0.29) is 25.0 Å². The summed E-state index contributed by atoms with van der Waals surface area (Å²) in [6.45, 7) is 1.27. The zero-order valence-electron chi connectivity index (χ0n) is 20.1. The molecule has 2 bridgehead atoms. The number of carbonyl (C=O) groups excluding carboxylic acids is 2. The van der Waals surface area contributed by atoms with Crippen LogP contribution >= 0.6 is 0 Å². The second-order valence-corrected chi connectivity index (χ2v) is 10.5. The maximum atomic E-state index is 13.6. The van der Waals surface area contributed by atoms with Crippen molar-refractivity contribution < 1.29 is 40.7 Å². The molecule has 2 atom stereocenters. The molecule has 3 saturated carbocycles. The fourth-order valence-electron chi connectivity index (χ4n) is 5.88. The van der Waals surface area contributed by atoms with Gasteiger partial charge in [0.25, 0.3) is 0 Å². The molecule has 3 aliphatic carbocycles. The molecule has 1 aliphatic heterocycles. The van der Waals surface area contributed by atoms with Gasteiger partial charge in [-0.05, 0) is 56.7 Å². The van der Waals surface area contributed by atoms with E-state index in [1.165, 1.54) is 12.3 Å². The molecule has 2 aromatic heterocycles. The molecular formula is C25H23F6N3O4. The van der Waals surface area contributed by atoms with Gasteiger partial charge in [0.15, 0.2) is 5.78 Å². The number of aryl methyl sites for hydroxylation is 1. The van der Waals surface area contributed by atoms with E-state index in [4.69, 9.17) is 4.74 Å². The number of pyridine rings is 2. The zero-order valence-corrected chi connectivity index (χ0v) is 20.1.